The summed E-state index contributed by atoms with van der Waals surface area (Å²) in [6.45, 7) is 1.11. The van der Waals surface area contributed by atoms with Crippen LogP contribution in [-0.2, 0) is 24.9 Å². The number of aryl methyl sites for hydroxylation is 1. The van der Waals surface area contributed by atoms with E-state index in [1.807, 2.05) is 0 Å². The number of benzene rings is 2. The van der Waals surface area contributed by atoms with Crippen LogP contribution in [0.1, 0.15) is 28.9 Å². The molecule has 0 fully saturated rings. The number of rotatable bonds is 6. The maximum absolute atomic E-state index is 14.5. The number of ether oxygens (including phenoxy) is 2. The Bertz CT molecular complexity index is 1520. The smallest absolute Gasteiger partial charge is 0.294 e. The maximum atomic E-state index is 14.5. The number of nitrogens with zero attached hydrogens (tertiary/aromatic N) is 4. The fraction of sp³-hybridized carbons (Fsp3) is 0.280. The van der Waals surface area contributed by atoms with E-state index in [1.54, 1.807) is 38.2 Å². The van der Waals surface area contributed by atoms with Crippen molar-refractivity contribution in [1.29, 1.82) is 0 Å². The average Bonchev–Trinajstić information content (AvgIpc) is 3.43. The van der Waals surface area contributed by atoms with Crippen LogP contribution in [0.15, 0.2) is 47.1 Å². The zero-order chi connectivity index (χ0) is 26.3. The number of halogens is 2. The molecule has 0 spiro atoms. The molecule has 2 aromatic carbocycles. The van der Waals surface area contributed by atoms with Gasteiger partial charge in [0.25, 0.3) is 5.91 Å². The lowest BCUT2D eigenvalue weighted by molar-refractivity contribution is -0.133. The summed E-state index contributed by atoms with van der Waals surface area (Å²) in [5.74, 6) is -0.825. The summed E-state index contributed by atoms with van der Waals surface area (Å²) in [5.41, 5.74) is -0.940. The van der Waals surface area contributed by atoms with Crippen molar-refractivity contribution in [2.24, 2.45) is 7.05 Å². The van der Waals surface area contributed by atoms with Crippen LogP contribution in [0.5, 0.6) is 11.5 Å². The van der Waals surface area contributed by atoms with Gasteiger partial charge in [-0.3, -0.25) is 14.3 Å². The van der Waals surface area contributed by atoms with E-state index in [0.29, 0.717) is 21.8 Å². The van der Waals surface area contributed by atoms with Gasteiger partial charge < -0.3 is 24.1 Å². The molecule has 1 N–H and O–H groups in total. The molecule has 1 atom stereocenters. The number of carbonyl (C=O) groups is 2. The number of nitrogens with one attached hydrogen (secondary N) is 1. The van der Waals surface area contributed by atoms with Crippen molar-refractivity contribution < 1.29 is 27.9 Å². The molecule has 1 unspecified atom stereocenters. The molecule has 3 heterocycles. The van der Waals surface area contributed by atoms with E-state index in [4.69, 9.17) is 25.5 Å². The number of hydrogen-bond donors (Lipinski definition) is 1. The number of methoxy groups -OCH3 is 1. The Morgan fingerprint density at radius 3 is 2.86 bits per heavy atom. The van der Waals surface area contributed by atoms with Crippen LogP contribution in [0, 0.1) is 5.82 Å². The van der Waals surface area contributed by atoms with Crippen molar-refractivity contribution in [3.05, 3.63) is 70.7 Å². The molecule has 0 bridgehead atoms. The van der Waals surface area contributed by atoms with E-state index in [9.17, 15) is 14.0 Å². The Balaban J connectivity index is 1.53. The molecule has 5 rings (SSSR count). The van der Waals surface area contributed by atoms with Crippen LogP contribution in [0.4, 0.5) is 4.39 Å². The number of furan rings is 1. The third-order valence-corrected chi connectivity index (χ3v) is 6.69. The Labute approximate surface area is 215 Å². The first kappa shape index (κ1) is 24.6. The number of aromatic nitrogens is 3. The van der Waals surface area contributed by atoms with E-state index in [2.05, 4.69) is 15.4 Å². The van der Waals surface area contributed by atoms with Crippen LogP contribution in [0.2, 0.25) is 5.02 Å². The molecular weight excluding hydrogens is 505 g/mol. The highest BCUT2D eigenvalue weighted by Gasteiger charge is 2.48. The summed E-state index contributed by atoms with van der Waals surface area (Å²) in [4.78, 5) is 33.1. The van der Waals surface area contributed by atoms with Crippen LogP contribution >= 0.6 is 11.6 Å². The van der Waals surface area contributed by atoms with Gasteiger partial charge in [0.05, 0.1) is 19.0 Å². The molecule has 0 aliphatic carbocycles. The van der Waals surface area contributed by atoms with Gasteiger partial charge in [0.2, 0.25) is 11.7 Å². The molecule has 0 radical (unpaired) electrons. The largest absolute Gasteiger partial charge is 0.496 e. The number of amides is 2. The molecule has 12 heteroatoms. The van der Waals surface area contributed by atoms with Gasteiger partial charge in [0, 0.05) is 24.2 Å². The first-order valence-corrected chi connectivity index (χ1v) is 11.7. The first-order valence-electron chi connectivity index (χ1n) is 11.3. The van der Waals surface area contributed by atoms with E-state index in [1.165, 1.54) is 35.2 Å². The molecule has 2 aromatic heterocycles. The second kappa shape index (κ2) is 9.40. The van der Waals surface area contributed by atoms with Crippen molar-refractivity contribution in [1.82, 2.24) is 25.0 Å². The topological polar surface area (TPSA) is 112 Å². The van der Waals surface area contributed by atoms with Gasteiger partial charge in [-0.25, -0.2) is 9.37 Å². The van der Waals surface area contributed by atoms with Gasteiger partial charge in [-0.2, -0.15) is 5.10 Å². The summed E-state index contributed by atoms with van der Waals surface area (Å²) in [6, 6.07) is 9.30. The normalized spacial score (nSPS) is 17.3. The van der Waals surface area contributed by atoms with Crippen LogP contribution in [-0.4, -0.2) is 50.7 Å². The van der Waals surface area contributed by atoms with Crippen molar-refractivity contribution in [3.8, 4) is 11.5 Å². The Hall–Kier alpha value is -4.12. The van der Waals surface area contributed by atoms with Gasteiger partial charge >= 0.3 is 0 Å². The number of carbonyl (C=O) groups excluding carboxylic acids is 2. The highest BCUT2D eigenvalue weighted by molar-refractivity contribution is 6.31. The third kappa shape index (κ3) is 4.25. The molecule has 0 saturated heterocycles. The van der Waals surface area contributed by atoms with Crippen molar-refractivity contribution in [3.63, 3.8) is 0 Å². The highest BCUT2D eigenvalue weighted by Crippen LogP contribution is 2.40. The van der Waals surface area contributed by atoms with E-state index in [0.717, 1.165) is 0 Å². The highest BCUT2D eigenvalue weighted by atomic mass is 35.5. The van der Waals surface area contributed by atoms with Crippen molar-refractivity contribution in [2.45, 2.75) is 25.6 Å². The van der Waals surface area contributed by atoms with Crippen LogP contribution < -0.4 is 14.8 Å². The summed E-state index contributed by atoms with van der Waals surface area (Å²) in [7, 11) is 3.09. The fourth-order valence-electron chi connectivity index (χ4n) is 4.27. The molecule has 2 amide bonds. The summed E-state index contributed by atoms with van der Waals surface area (Å²) >= 11 is 6.16. The molecule has 4 aromatic rings. The lowest BCUT2D eigenvalue weighted by Crippen LogP contribution is -2.60. The Morgan fingerprint density at radius 1 is 1.32 bits per heavy atom. The van der Waals surface area contributed by atoms with E-state index in [-0.39, 0.29) is 42.5 Å². The van der Waals surface area contributed by atoms with Gasteiger partial charge in [-0.05, 0) is 37.3 Å². The van der Waals surface area contributed by atoms with Gasteiger partial charge in [0.15, 0.2) is 11.3 Å². The second-order valence-electron chi connectivity index (χ2n) is 8.76. The molecule has 192 valence electrons. The molecular formula is C25H23ClFN5O5. The second-order valence-corrected chi connectivity index (χ2v) is 9.19. The SMILES string of the molecule is COc1cccc(F)c1CNC(=O)C1(C)COc2c(oc3ccc(Cl)cc23)C(=O)N1Cc1ncnn1C. The minimum atomic E-state index is -1.53. The quantitative estimate of drug-likeness (QED) is 0.408. The number of fused-ring (bicyclic) bond motifs is 3. The first-order chi connectivity index (χ1) is 17.7. The van der Waals surface area contributed by atoms with Crippen molar-refractivity contribution in [2.75, 3.05) is 13.7 Å². The zero-order valence-electron chi connectivity index (χ0n) is 20.2. The average molecular weight is 528 g/mol. The summed E-state index contributed by atoms with van der Waals surface area (Å²) in [5, 5.41) is 7.74. The molecule has 37 heavy (non-hydrogen) atoms. The lowest BCUT2D eigenvalue weighted by Gasteiger charge is -2.37. The minimum Gasteiger partial charge on any atom is -0.496 e. The van der Waals surface area contributed by atoms with Crippen molar-refractivity contribution >= 4 is 34.4 Å². The predicted molar refractivity (Wildman–Crippen MR) is 131 cm³/mol. The number of hydrogen-bond acceptors (Lipinski definition) is 7. The summed E-state index contributed by atoms with van der Waals surface area (Å²) < 4.78 is 33.1. The van der Waals surface area contributed by atoms with Gasteiger partial charge in [-0.15, -0.1) is 0 Å². The Kier molecular flexibility index (Phi) is 6.24. The maximum Gasteiger partial charge on any atom is 0.294 e. The fourth-order valence-corrected chi connectivity index (χ4v) is 4.44. The molecule has 10 nitrogen and oxygen atoms in total. The van der Waals surface area contributed by atoms with Gasteiger partial charge in [-0.1, -0.05) is 17.7 Å². The van der Waals surface area contributed by atoms with E-state index >= 15 is 0 Å². The minimum absolute atomic E-state index is 0.0632. The monoisotopic (exact) mass is 527 g/mol. The van der Waals surface area contributed by atoms with E-state index < -0.39 is 23.2 Å². The standard InChI is InChI=1S/C25H23ClFN5O5/c1-25(24(34)28-10-16-17(27)5-4-6-18(16)35-3)12-36-21-15-9-14(26)7-8-19(15)37-22(21)23(33)32(25)11-20-29-13-30-31(20)2/h4-9,13H,10-12H2,1-3H3,(H,28,34). The Morgan fingerprint density at radius 2 is 2.14 bits per heavy atom. The zero-order valence-corrected chi connectivity index (χ0v) is 21.0. The van der Waals surface area contributed by atoms with Gasteiger partial charge in [0.1, 0.15) is 35.9 Å². The lowest BCUT2D eigenvalue weighted by atomic mass is 9.98. The molecule has 1 aliphatic heterocycles. The summed E-state index contributed by atoms with van der Waals surface area (Å²) in [6.07, 6.45) is 1.35. The predicted octanol–water partition coefficient (Wildman–Crippen LogP) is 3.47. The van der Waals surface area contributed by atoms with Crippen LogP contribution in [0.3, 0.4) is 0 Å². The van der Waals surface area contributed by atoms with Crippen LogP contribution in [0.25, 0.3) is 11.0 Å². The third-order valence-electron chi connectivity index (χ3n) is 6.45. The molecule has 1 aliphatic rings. The molecule has 0 saturated carbocycles.